The molecule has 1 rings (SSSR count). The fourth-order valence-corrected chi connectivity index (χ4v) is 1.38. The molecule has 0 aromatic carbocycles. The lowest BCUT2D eigenvalue weighted by Gasteiger charge is -2.17. The third-order valence-electron chi connectivity index (χ3n) is 2.56. The summed E-state index contributed by atoms with van der Waals surface area (Å²) >= 11 is 5.76. The molecule has 0 aliphatic heterocycles. The molecule has 0 saturated carbocycles. The molecular weight excluding hydrogens is 210 g/mol. The standard InChI is InChI=1S/C12H18ClNO/c1-8(2)10(4)15-12-6-5-11(7-13)9(3)14-12/h5-6,8,10H,7H2,1-4H3. The minimum absolute atomic E-state index is 0.179. The van der Waals surface area contributed by atoms with E-state index in [0.29, 0.717) is 17.7 Å². The van der Waals surface area contributed by atoms with Gasteiger partial charge in [0.25, 0.3) is 0 Å². The van der Waals surface area contributed by atoms with Crippen LogP contribution in [0.1, 0.15) is 32.0 Å². The monoisotopic (exact) mass is 227 g/mol. The average molecular weight is 228 g/mol. The number of aryl methyl sites for hydroxylation is 1. The summed E-state index contributed by atoms with van der Waals surface area (Å²) in [5.41, 5.74) is 2.00. The highest BCUT2D eigenvalue weighted by Crippen LogP contribution is 2.17. The second-order valence-corrected chi connectivity index (χ2v) is 4.36. The number of hydrogen-bond acceptors (Lipinski definition) is 2. The van der Waals surface area contributed by atoms with Gasteiger partial charge in [0.15, 0.2) is 0 Å². The molecule has 0 N–H and O–H groups in total. The van der Waals surface area contributed by atoms with E-state index in [1.807, 2.05) is 19.1 Å². The van der Waals surface area contributed by atoms with E-state index in [-0.39, 0.29) is 6.10 Å². The van der Waals surface area contributed by atoms with Crippen molar-refractivity contribution in [3.8, 4) is 5.88 Å². The summed E-state index contributed by atoms with van der Waals surface area (Å²) < 4.78 is 5.70. The van der Waals surface area contributed by atoms with Gasteiger partial charge in [-0.3, -0.25) is 0 Å². The Morgan fingerprint density at radius 2 is 2.00 bits per heavy atom. The van der Waals surface area contributed by atoms with E-state index in [0.717, 1.165) is 11.3 Å². The van der Waals surface area contributed by atoms with Crippen LogP contribution in [0.3, 0.4) is 0 Å². The third kappa shape index (κ3) is 3.38. The average Bonchev–Trinajstić information content (AvgIpc) is 2.18. The molecule has 1 aromatic heterocycles. The molecule has 0 radical (unpaired) electrons. The van der Waals surface area contributed by atoms with Gasteiger partial charge in [-0.1, -0.05) is 19.9 Å². The van der Waals surface area contributed by atoms with Crippen molar-refractivity contribution in [1.29, 1.82) is 0 Å². The van der Waals surface area contributed by atoms with Crippen LogP contribution in [0.2, 0.25) is 0 Å². The van der Waals surface area contributed by atoms with Crippen molar-refractivity contribution < 1.29 is 4.74 Å². The largest absolute Gasteiger partial charge is 0.474 e. The maximum atomic E-state index is 5.76. The van der Waals surface area contributed by atoms with Gasteiger partial charge in [-0.15, -0.1) is 11.6 Å². The van der Waals surface area contributed by atoms with Gasteiger partial charge in [0.05, 0.1) is 6.10 Å². The molecule has 15 heavy (non-hydrogen) atoms. The topological polar surface area (TPSA) is 22.1 Å². The van der Waals surface area contributed by atoms with E-state index >= 15 is 0 Å². The van der Waals surface area contributed by atoms with Crippen LogP contribution >= 0.6 is 11.6 Å². The number of alkyl halides is 1. The van der Waals surface area contributed by atoms with Gasteiger partial charge in [0.1, 0.15) is 0 Å². The number of aromatic nitrogens is 1. The van der Waals surface area contributed by atoms with Gasteiger partial charge in [0.2, 0.25) is 5.88 Å². The van der Waals surface area contributed by atoms with Crippen molar-refractivity contribution in [2.75, 3.05) is 0 Å². The van der Waals surface area contributed by atoms with Crippen LogP contribution in [0.5, 0.6) is 5.88 Å². The summed E-state index contributed by atoms with van der Waals surface area (Å²) in [5.74, 6) is 1.67. The second kappa shape index (κ2) is 5.36. The minimum atomic E-state index is 0.179. The highest BCUT2D eigenvalue weighted by atomic mass is 35.5. The second-order valence-electron chi connectivity index (χ2n) is 4.09. The fraction of sp³-hybridized carbons (Fsp3) is 0.583. The molecule has 0 amide bonds. The first-order valence-corrected chi connectivity index (χ1v) is 5.77. The van der Waals surface area contributed by atoms with Gasteiger partial charge in [-0.25, -0.2) is 4.98 Å². The van der Waals surface area contributed by atoms with Gasteiger partial charge in [0, 0.05) is 17.6 Å². The van der Waals surface area contributed by atoms with Crippen LogP contribution < -0.4 is 4.74 Å². The van der Waals surface area contributed by atoms with Crippen LogP contribution in [-0.4, -0.2) is 11.1 Å². The maximum Gasteiger partial charge on any atom is 0.213 e. The summed E-state index contributed by atoms with van der Waals surface area (Å²) in [4.78, 5) is 4.36. The Bertz CT molecular complexity index is 325. The number of rotatable bonds is 4. The number of pyridine rings is 1. The zero-order valence-electron chi connectivity index (χ0n) is 9.75. The van der Waals surface area contributed by atoms with Crippen molar-refractivity contribution in [2.24, 2.45) is 5.92 Å². The minimum Gasteiger partial charge on any atom is -0.474 e. The smallest absolute Gasteiger partial charge is 0.213 e. The molecule has 84 valence electrons. The molecule has 2 nitrogen and oxygen atoms in total. The Hall–Kier alpha value is -0.760. The predicted octanol–water partition coefficient (Wildman–Crippen LogP) is 3.55. The molecule has 0 spiro atoms. The molecule has 1 heterocycles. The Morgan fingerprint density at radius 1 is 1.33 bits per heavy atom. The van der Waals surface area contributed by atoms with Crippen LogP contribution in [0, 0.1) is 12.8 Å². The lowest BCUT2D eigenvalue weighted by molar-refractivity contribution is 0.163. The zero-order valence-corrected chi connectivity index (χ0v) is 10.5. The van der Waals surface area contributed by atoms with E-state index < -0.39 is 0 Å². The molecule has 0 fully saturated rings. The summed E-state index contributed by atoms with van der Waals surface area (Å²) in [7, 11) is 0. The molecule has 0 saturated heterocycles. The highest BCUT2D eigenvalue weighted by Gasteiger charge is 2.10. The van der Waals surface area contributed by atoms with Crippen molar-refractivity contribution in [3.63, 3.8) is 0 Å². The lowest BCUT2D eigenvalue weighted by atomic mass is 10.1. The fourth-order valence-electron chi connectivity index (χ4n) is 1.10. The molecule has 1 atom stereocenters. The quantitative estimate of drug-likeness (QED) is 0.734. The lowest BCUT2D eigenvalue weighted by Crippen LogP contribution is -2.19. The normalized spacial score (nSPS) is 12.9. The van der Waals surface area contributed by atoms with E-state index in [2.05, 4.69) is 25.8 Å². The number of hydrogen-bond donors (Lipinski definition) is 0. The van der Waals surface area contributed by atoms with Crippen LogP contribution in [0.15, 0.2) is 12.1 Å². The first-order chi connectivity index (χ1) is 7.04. The molecule has 1 unspecified atom stereocenters. The Morgan fingerprint density at radius 3 is 2.47 bits per heavy atom. The maximum absolute atomic E-state index is 5.76. The van der Waals surface area contributed by atoms with Crippen molar-refractivity contribution in [1.82, 2.24) is 4.98 Å². The summed E-state index contributed by atoms with van der Waals surface area (Å²) in [6, 6.07) is 3.85. The highest BCUT2D eigenvalue weighted by molar-refractivity contribution is 6.17. The molecule has 3 heteroatoms. The van der Waals surface area contributed by atoms with E-state index in [1.54, 1.807) is 0 Å². The predicted molar refractivity (Wildman–Crippen MR) is 63.5 cm³/mol. The Labute approximate surface area is 96.6 Å². The number of halogens is 1. The van der Waals surface area contributed by atoms with Crippen molar-refractivity contribution in [2.45, 2.75) is 39.7 Å². The Kier molecular flexibility index (Phi) is 4.40. The first kappa shape index (κ1) is 12.3. The number of ether oxygens (including phenoxy) is 1. The van der Waals surface area contributed by atoms with E-state index in [1.165, 1.54) is 0 Å². The van der Waals surface area contributed by atoms with E-state index in [4.69, 9.17) is 16.3 Å². The zero-order chi connectivity index (χ0) is 11.4. The first-order valence-electron chi connectivity index (χ1n) is 5.23. The summed E-state index contributed by atoms with van der Waals surface area (Å²) in [6.45, 7) is 8.26. The SMILES string of the molecule is Cc1nc(OC(C)C(C)C)ccc1CCl. The molecular formula is C12H18ClNO. The van der Waals surface area contributed by atoms with Gasteiger partial charge in [-0.05, 0) is 25.3 Å². The molecule has 0 bridgehead atoms. The number of nitrogens with zero attached hydrogens (tertiary/aromatic N) is 1. The van der Waals surface area contributed by atoms with Gasteiger partial charge < -0.3 is 4.74 Å². The Balaban J connectivity index is 2.75. The van der Waals surface area contributed by atoms with Crippen LogP contribution in [0.25, 0.3) is 0 Å². The van der Waals surface area contributed by atoms with Crippen molar-refractivity contribution in [3.05, 3.63) is 23.4 Å². The summed E-state index contributed by atoms with van der Waals surface area (Å²) in [6.07, 6.45) is 0.179. The van der Waals surface area contributed by atoms with Crippen LogP contribution in [0.4, 0.5) is 0 Å². The molecule has 0 aliphatic rings. The molecule has 0 aliphatic carbocycles. The van der Waals surface area contributed by atoms with Crippen molar-refractivity contribution >= 4 is 11.6 Å². The van der Waals surface area contributed by atoms with E-state index in [9.17, 15) is 0 Å². The third-order valence-corrected chi connectivity index (χ3v) is 2.85. The molecule has 1 aromatic rings. The van der Waals surface area contributed by atoms with Crippen LogP contribution in [-0.2, 0) is 5.88 Å². The van der Waals surface area contributed by atoms with Gasteiger partial charge >= 0.3 is 0 Å². The van der Waals surface area contributed by atoms with Gasteiger partial charge in [-0.2, -0.15) is 0 Å². The summed E-state index contributed by atoms with van der Waals surface area (Å²) in [5, 5.41) is 0.